The number of nitrogen functional groups attached to an aromatic ring is 1. The molecule has 0 spiro atoms. The van der Waals surface area contributed by atoms with Crippen molar-refractivity contribution in [1.29, 1.82) is 0 Å². The van der Waals surface area contributed by atoms with E-state index in [1.54, 1.807) is 0 Å². The molecule has 0 saturated heterocycles. The molecule has 4 rings (SSSR count). The number of esters is 1. The number of rotatable bonds is 9. The number of halogens is 1. The van der Waals surface area contributed by atoms with Crippen molar-refractivity contribution in [3.05, 3.63) is 53.6 Å². The lowest BCUT2D eigenvalue weighted by Crippen LogP contribution is -2.18. The summed E-state index contributed by atoms with van der Waals surface area (Å²) in [7, 11) is 2.88. The van der Waals surface area contributed by atoms with Crippen molar-refractivity contribution in [2.45, 2.75) is 20.0 Å². The van der Waals surface area contributed by atoms with E-state index in [0.29, 0.717) is 11.4 Å². The standard InChI is InChI=1S/C24H25FN6O5/c1-12-8-15(12)21(32)28-17-10-19(35-3)18(34-2)9-16(17)22(33)36-11-20-29-23(26)31-24(30-20)27-14-6-4-13(25)5-7-14/h4-7,9-10,12,15H,8,11H2,1-3H3,(H,28,32)(H3,26,27,29,30,31). The molecule has 1 aliphatic rings. The van der Waals surface area contributed by atoms with Crippen molar-refractivity contribution >= 4 is 35.1 Å². The van der Waals surface area contributed by atoms with Gasteiger partial charge in [0.15, 0.2) is 23.9 Å². The number of carbonyl (C=O) groups is 2. The number of hydrogen-bond acceptors (Lipinski definition) is 10. The largest absolute Gasteiger partial charge is 0.493 e. The summed E-state index contributed by atoms with van der Waals surface area (Å²) in [6.07, 6.45) is 0.786. The van der Waals surface area contributed by atoms with E-state index in [1.807, 2.05) is 6.92 Å². The van der Waals surface area contributed by atoms with E-state index >= 15 is 0 Å². The molecule has 36 heavy (non-hydrogen) atoms. The maximum Gasteiger partial charge on any atom is 0.340 e. The van der Waals surface area contributed by atoms with E-state index in [2.05, 4.69) is 25.6 Å². The molecule has 12 heteroatoms. The summed E-state index contributed by atoms with van der Waals surface area (Å²) in [6.45, 7) is 1.65. The number of aromatic nitrogens is 3. The number of nitrogens with zero attached hydrogens (tertiary/aromatic N) is 3. The monoisotopic (exact) mass is 496 g/mol. The van der Waals surface area contributed by atoms with Crippen LogP contribution in [0.2, 0.25) is 0 Å². The third-order valence-electron chi connectivity index (χ3n) is 5.58. The van der Waals surface area contributed by atoms with Gasteiger partial charge in [0.25, 0.3) is 0 Å². The number of benzene rings is 2. The molecule has 1 amide bonds. The first-order chi connectivity index (χ1) is 17.3. The fourth-order valence-electron chi connectivity index (χ4n) is 3.49. The Hall–Kier alpha value is -4.48. The summed E-state index contributed by atoms with van der Waals surface area (Å²) >= 11 is 0. The number of ether oxygens (including phenoxy) is 3. The molecule has 2 unspecified atom stereocenters. The molecule has 188 valence electrons. The summed E-state index contributed by atoms with van der Waals surface area (Å²) in [6, 6.07) is 8.49. The quantitative estimate of drug-likeness (QED) is 0.376. The zero-order valence-corrected chi connectivity index (χ0v) is 19.9. The van der Waals surface area contributed by atoms with Crippen LogP contribution in [0, 0.1) is 17.7 Å². The van der Waals surface area contributed by atoms with Gasteiger partial charge in [-0.2, -0.15) is 15.0 Å². The average Bonchev–Trinajstić information content (AvgIpc) is 3.60. The van der Waals surface area contributed by atoms with E-state index in [9.17, 15) is 14.0 Å². The molecule has 0 bridgehead atoms. The number of nitrogens with two attached hydrogens (primary N) is 1. The Balaban J connectivity index is 1.52. The van der Waals surface area contributed by atoms with Crippen molar-refractivity contribution in [3.8, 4) is 11.5 Å². The molecule has 4 N–H and O–H groups in total. The maximum absolute atomic E-state index is 13.1. The average molecular weight is 496 g/mol. The Morgan fingerprint density at radius 3 is 2.39 bits per heavy atom. The highest BCUT2D eigenvalue weighted by atomic mass is 19.1. The fourth-order valence-corrected chi connectivity index (χ4v) is 3.49. The highest BCUT2D eigenvalue weighted by Gasteiger charge is 2.39. The van der Waals surface area contributed by atoms with Crippen LogP contribution in [0.25, 0.3) is 0 Å². The van der Waals surface area contributed by atoms with E-state index in [1.165, 1.54) is 50.6 Å². The van der Waals surface area contributed by atoms with Crippen molar-refractivity contribution in [3.63, 3.8) is 0 Å². The van der Waals surface area contributed by atoms with Gasteiger partial charge in [-0.15, -0.1) is 0 Å². The molecule has 0 aliphatic heterocycles. The Bertz CT molecular complexity index is 1290. The van der Waals surface area contributed by atoms with E-state index in [-0.39, 0.29) is 64.9 Å². The van der Waals surface area contributed by atoms with Crippen molar-refractivity contribution in [2.75, 3.05) is 30.6 Å². The molecule has 2 atom stereocenters. The Morgan fingerprint density at radius 1 is 1.08 bits per heavy atom. The molecule has 11 nitrogen and oxygen atoms in total. The fraction of sp³-hybridized carbons (Fsp3) is 0.292. The zero-order valence-electron chi connectivity index (χ0n) is 19.9. The predicted molar refractivity (Wildman–Crippen MR) is 128 cm³/mol. The summed E-state index contributed by atoms with van der Waals surface area (Å²) in [5, 5.41) is 5.67. The molecule has 1 saturated carbocycles. The molecular weight excluding hydrogens is 471 g/mol. The molecule has 1 aromatic heterocycles. The minimum atomic E-state index is -0.748. The topological polar surface area (TPSA) is 151 Å². The highest BCUT2D eigenvalue weighted by Crippen LogP contribution is 2.40. The second kappa shape index (κ2) is 10.4. The lowest BCUT2D eigenvalue weighted by Gasteiger charge is -2.15. The van der Waals surface area contributed by atoms with Crippen molar-refractivity contribution < 1.29 is 28.2 Å². The van der Waals surface area contributed by atoms with Crippen LogP contribution in [0.5, 0.6) is 11.5 Å². The van der Waals surface area contributed by atoms with Crippen LogP contribution in [-0.2, 0) is 16.1 Å². The molecule has 2 aromatic carbocycles. The van der Waals surface area contributed by atoms with Gasteiger partial charge >= 0.3 is 5.97 Å². The first kappa shape index (κ1) is 24.6. The number of hydrogen-bond donors (Lipinski definition) is 3. The van der Waals surface area contributed by atoms with Gasteiger partial charge in [-0.05, 0) is 36.6 Å². The number of methoxy groups -OCH3 is 2. The smallest absolute Gasteiger partial charge is 0.340 e. The molecule has 1 aliphatic carbocycles. The van der Waals surface area contributed by atoms with Crippen LogP contribution in [0.15, 0.2) is 36.4 Å². The summed E-state index contributed by atoms with van der Waals surface area (Å²) < 4.78 is 29.2. The Kier molecular flexibility index (Phi) is 7.13. The van der Waals surface area contributed by atoms with Gasteiger partial charge < -0.3 is 30.6 Å². The summed E-state index contributed by atoms with van der Waals surface area (Å²) in [4.78, 5) is 37.7. The van der Waals surface area contributed by atoms with E-state index < -0.39 is 5.97 Å². The number of nitrogens with one attached hydrogen (secondary N) is 2. The Labute approximate surface area is 206 Å². The van der Waals surface area contributed by atoms with E-state index in [0.717, 1.165) is 6.42 Å². The minimum absolute atomic E-state index is 0.0704. The lowest BCUT2D eigenvalue weighted by atomic mass is 10.1. The molecule has 1 heterocycles. The first-order valence-electron chi connectivity index (χ1n) is 11.0. The highest BCUT2D eigenvalue weighted by molar-refractivity contribution is 6.03. The number of amides is 1. The zero-order chi connectivity index (χ0) is 25.8. The molecular formula is C24H25FN6O5. The minimum Gasteiger partial charge on any atom is -0.493 e. The number of carbonyl (C=O) groups excluding carboxylic acids is 2. The third-order valence-corrected chi connectivity index (χ3v) is 5.58. The second-order valence-electron chi connectivity index (χ2n) is 8.20. The van der Waals surface area contributed by atoms with Crippen LogP contribution in [0.3, 0.4) is 0 Å². The van der Waals surface area contributed by atoms with Crippen LogP contribution in [0.1, 0.15) is 29.5 Å². The molecule has 0 radical (unpaired) electrons. The van der Waals surface area contributed by atoms with Crippen LogP contribution in [-0.4, -0.2) is 41.0 Å². The van der Waals surface area contributed by atoms with Gasteiger partial charge in [0.2, 0.25) is 17.8 Å². The molecule has 1 fully saturated rings. The van der Waals surface area contributed by atoms with Gasteiger partial charge in [0.05, 0.1) is 25.5 Å². The van der Waals surface area contributed by atoms with E-state index in [4.69, 9.17) is 19.9 Å². The number of anilines is 4. The first-order valence-corrected chi connectivity index (χ1v) is 11.0. The van der Waals surface area contributed by atoms with Crippen LogP contribution >= 0.6 is 0 Å². The SMILES string of the molecule is COc1cc(NC(=O)C2CC2C)c(C(=O)OCc2nc(N)nc(Nc3ccc(F)cc3)n2)cc1OC. The van der Waals surface area contributed by atoms with Crippen LogP contribution in [0.4, 0.5) is 27.7 Å². The second-order valence-corrected chi connectivity index (χ2v) is 8.20. The van der Waals surface area contributed by atoms with Gasteiger partial charge in [0.1, 0.15) is 5.82 Å². The lowest BCUT2D eigenvalue weighted by molar-refractivity contribution is -0.117. The maximum atomic E-state index is 13.1. The normalized spacial score (nSPS) is 16.1. The van der Waals surface area contributed by atoms with Gasteiger partial charge in [-0.25, -0.2) is 9.18 Å². The Morgan fingerprint density at radius 2 is 1.75 bits per heavy atom. The molecule has 3 aromatic rings. The van der Waals surface area contributed by atoms with Gasteiger partial charge in [-0.3, -0.25) is 4.79 Å². The van der Waals surface area contributed by atoms with Crippen LogP contribution < -0.4 is 25.8 Å². The summed E-state index contributed by atoms with van der Waals surface area (Å²) in [5.41, 5.74) is 6.60. The van der Waals surface area contributed by atoms with Crippen molar-refractivity contribution in [2.24, 2.45) is 11.8 Å². The third kappa shape index (κ3) is 5.77. The summed E-state index contributed by atoms with van der Waals surface area (Å²) in [5.74, 6) is -0.440. The predicted octanol–water partition coefficient (Wildman–Crippen LogP) is 3.31. The van der Waals surface area contributed by atoms with Gasteiger partial charge in [-0.1, -0.05) is 6.92 Å². The van der Waals surface area contributed by atoms with Gasteiger partial charge in [0, 0.05) is 23.7 Å². The van der Waals surface area contributed by atoms with Crippen molar-refractivity contribution in [1.82, 2.24) is 15.0 Å².